The average molecular weight is 429 g/mol. The van der Waals surface area contributed by atoms with E-state index < -0.39 is 46.9 Å². The van der Waals surface area contributed by atoms with E-state index >= 15 is 0 Å². The number of alkyl halides is 6. The van der Waals surface area contributed by atoms with Crippen LogP contribution in [-0.2, 0) is 23.6 Å². The van der Waals surface area contributed by atoms with Gasteiger partial charge in [-0.1, -0.05) is 12.1 Å². The van der Waals surface area contributed by atoms with Crippen molar-refractivity contribution in [1.82, 2.24) is 5.32 Å². The molecule has 2 rings (SSSR count). The smallest absolute Gasteiger partial charge is 0.368 e. The van der Waals surface area contributed by atoms with Gasteiger partial charge in [0.25, 0.3) is 5.91 Å². The lowest BCUT2D eigenvalue weighted by atomic mass is 10.0. The third kappa shape index (κ3) is 5.73. The minimum atomic E-state index is -5.12. The van der Waals surface area contributed by atoms with Gasteiger partial charge in [-0.2, -0.15) is 31.6 Å². The average Bonchev–Trinajstić information content (AvgIpc) is 2.66. The van der Waals surface area contributed by atoms with E-state index in [0.29, 0.717) is 11.1 Å². The molecular formula is C19H13F6N3O2. The zero-order chi connectivity index (χ0) is 22.7. The Morgan fingerprint density at radius 2 is 1.47 bits per heavy atom. The third-order valence-electron chi connectivity index (χ3n) is 4.02. The van der Waals surface area contributed by atoms with E-state index in [1.165, 1.54) is 24.3 Å². The molecule has 158 valence electrons. The fourth-order valence-corrected chi connectivity index (χ4v) is 2.50. The number of nitrogens with two attached hydrogens (primary N) is 1. The number of carbonyl (C=O) groups excluding carboxylic acids is 2. The van der Waals surface area contributed by atoms with Crippen molar-refractivity contribution in [3.8, 4) is 6.07 Å². The monoisotopic (exact) mass is 429 g/mol. The summed E-state index contributed by atoms with van der Waals surface area (Å²) in [4.78, 5) is 24.0. The van der Waals surface area contributed by atoms with Gasteiger partial charge in [-0.3, -0.25) is 9.59 Å². The number of halogens is 6. The van der Waals surface area contributed by atoms with Crippen LogP contribution < -0.4 is 11.1 Å². The number of hydrogen-bond acceptors (Lipinski definition) is 3. The van der Waals surface area contributed by atoms with Crippen molar-refractivity contribution in [3.05, 3.63) is 70.3 Å². The molecule has 0 saturated heterocycles. The van der Waals surface area contributed by atoms with Crippen molar-refractivity contribution in [3.63, 3.8) is 0 Å². The Bertz CT molecular complexity index is 959. The first-order valence-electron chi connectivity index (χ1n) is 8.20. The molecule has 0 aromatic heterocycles. The molecule has 0 spiro atoms. The quantitative estimate of drug-likeness (QED) is 0.713. The topological polar surface area (TPSA) is 96.0 Å². The van der Waals surface area contributed by atoms with E-state index in [2.05, 4.69) is 5.32 Å². The van der Waals surface area contributed by atoms with Gasteiger partial charge in [0.15, 0.2) is 0 Å². The maximum absolute atomic E-state index is 12.9. The number of nitriles is 1. The number of amides is 2. The van der Waals surface area contributed by atoms with Gasteiger partial charge in [0.05, 0.1) is 22.8 Å². The first-order chi connectivity index (χ1) is 13.8. The molecule has 2 aromatic carbocycles. The van der Waals surface area contributed by atoms with E-state index in [0.717, 1.165) is 0 Å². The van der Waals surface area contributed by atoms with Crippen LogP contribution >= 0.6 is 0 Å². The number of rotatable bonds is 5. The lowest BCUT2D eigenvalue weighted by Crippen LogP contribution is -2.46. The van der Waals surface area contributed by atoms with Crippen molar-refractivity contribution in [2.24, 2.45) is 5.73 Å². The predicted octanol–water partition coefficient (Wildman–Crippen LogP) is 3.42. The van der Waals surface area contributed by atoms with Crippen LogP contribution in [0.3, 0.4) is 0 Å². The molecule has 0 radical (unpaired) electrons. The molecule has 0 saturated carbocycles. The summed E-state index contributed by atoms with van der Waals surface area (Å²) in [7, 11) is 0. The summed E-state index contributed by atoms with van der Waals surface area (Å²) in [5, 5.41) is 10.8. The predicted molar refractivity (Wildman–Crippen MR) is 91.8 cm³/mol. The van der Waals surface area contributed by atoms with Gasteiger partial charge in [0.1, 0.15) is 6.04 Å². The standard InChI is InChI=1S/C19H13F6N3O2/c20-18(21,22)13-6-12(7-14(8-13)19(23,24)25)17(30)28-15(16(27)29)5-10-1-3-11(9-26)4-2-10/h1-4,6-8,15H,5H2,(H2,27,29)(H,28,30)/t15-/m0/s1. The van der Waals surface area contributed by atoms with E-state index in [-0.39, 0.29) is 24.6 Å². The fourth-order valence-electron chi connectivity index (χ4n) is 2.50. The SMILES string of the molecule is N#Cc1ccc(C[C@H](NC(=O)c2cc(C(F)(F)F)cc(C(F)(F)F)c2)C(N)=O)cc1. The molecule has 3 N–H and O–H groups in total. The van der Waals surface area contributed by atoms with Gasteiger partial charge in [-0.15, -0.1) is 0 Å². The number of primary amides is 1. The van der Waals surface area contributed by atoms with Crippen LogP contribution in [-0.4, -0.2) is 17.9 Å². The summed E-state index contributed by atoms with van der Waals surface area (Å²) < 4.78 is 77.7. The molecule has 0 aliphatic rings. The summed E-state index contributed by atoms with van der Waals surface area (Å²) >= 11 is 0. The third-order valence-corrected chi connectivity index (χ3v) is 4.02. The second-order valence-corrected chi connectivity index (χ2v) is 6.24. The van der Waals surface area contributed by atoms with E-state index in [9.17, 15) is 35.9 Å². The van der Waals surface area contributed by atoms with Crippen molar-refractivity contribution in [1.29, 1.82) is 5.26 Å². The zero-order valence-electron chi connectivity index (χ0n) is 14.9. The van der Waals surface area contributed by atoms with Crippen LogP contribution in [0.5, 0.6) is 0 Å². The Morgan fingerprint density at radius 3 is 1.87 bits per heavy atom. The Labute approximate surface area is 166 Å². The fraction of sp³-hybridized carbons (Fsp3) is 0.211. The zero-order valence-corrected chi connectivity index (χ0v) is 14.9. The molecule has 0 aliphatic carbocycles. The second-order valence-electron chi connectivity index (χ2n) is 6.24. The molecule has 0 bridgehead atoms. The first-order valence-corrected chi connectivity index (χ1v) is 8.20. The minimum Gasteiger partial charge on any atom is -0.368 e. The van der Waals surface area contributed by atoms with Gasteiger partial charge in [0, 0.05) is 12.0 Å². The van der Waals surface area contributed by atoms with E-state index in [1.54, 1.807) is 0 Å². The Balaban J connectivity index is 2.32. The minimum absolute atomic E-state index is 0.112. The van der Waals surface area contributed by atoms with Crippen LogP contribution in [0.1, 0.15) is 32.6 Å². The highest BCUT2D eigenvalue weighted by Crippen LogP contribution is 2.36. The highest BCUT2D eigenvalue weighted by Gasteiger charge is 2.37. The van der Waals surface area contributed by atoms with Gasteiger partial charge in [0.2, 0.25) is 5.91 Å². The van der Waals surface area contributed by atoms with Gasteiger partial charge in [-0.05, 0) is 35.9 Å². The maximum Gasteiger partial charge on any atom is 0.416 e. The maximum atomic E-state index is 12.9. The number of hydrogen-bond donors (Lipinski definition) is 2. The van der Waals surface area contributed by atoms with Crippen LogP contribution in [0.4, 0.5) is 26.3 Å². The molecule has 2 amide bonds. The summed E-state index contributed by atoms with van der Waals surface area (Å²) in [6, 6.07) is 6.65. The van der Waals surface area contributed by atoms with Crippen LogP contribution in [0.25, 0.3) is 0 Å². The van der Waals surface area contributed by atoms with Crippen LogP contribution in [0.2, 0.25) is 0 Å². The summed E-state index contributed by atoms with van der Waals surface area (Å²) in [5.74, 6) is -2.38. The lowest BCUT2D eigenvalue weighted by Gasteiger charge is -2.18. The Morgan fingerprint density at radius 1 is 0.967 bits per heavy atom. The molecule has 0 unspecified atom stereocenters. The number of nitrogens with one attached hydrogen (secondary N) is 1. The lowest BCUT2D eigenvalue weighted by molar-refractivity contribution is -0.143. The van der Waals surface area contributed by atoms with Gasteiger partial charge < -0.3 is 11.1 Å². The van der Waals surface area contributed by atoms with Crippen molar-refractivity contribution < 1.29 is 35.9 Å². The van der Waals surface area contributed by atoms with E-state index in [1.807, 2.05) is 6.07 Å². The van der Waals surface area contributed by atoms with Crippen LogP contribution in [0.15, 0.2) is 42.5 Å². The molecule has 0 fully saturated rings. The highest BCUT2D eigenvalue weighted by molar-refractivity contribution is 5.97. The summed E-state index contributed by atoms with van der Waals surface area (Å²) in [5.41, 5.74) is 1.73. The Hall–Kier alpha value is -3.55. The first kappa shape index (κ1) is 22.7. The molecule has 0 heterocycles. The molecule has 1 atom stereocenters. The molecule has 2 aromatic rings. The number of nitrogens with zero attached hydrogens (tertiary/aromatic N) is 1. The van der Waals surface area contributed by atoms with Crippen molar-refractivity contribution >= 4 is 11.8 Å². The second kappa shape index (κ2) is 8.44. The Kier molecular flexibility index (Phi) is 6.40. The summed E-state index contributed by atoms with van der Waals surface area (Å²) in [6.07, 6.45) is -10.4. The molecule has 0 aliphatic heterocycles. The van der Waals surface area contributed by atoms with Gasteiger partial charge >= 0.3 is 12.4 Å². The highest BCUT2D eigenvalue weighted by atomic mass is 19.4. The molecule has 11 heteroatoms. The largest absolute Gasteiger partial charge is 0.416 e. The normalized spacial score (nSPS) is 12.7. The molecule has 5 nitrogen and oxygen atoms in total. The number of carbonyl (C=O) groups is 2. The number of benzene rings is 2. The molecular weight excluding hydrogens is 416 g/mol. The van der Waals surface area contributed by atoms with Crippen molar-refractivity contribution in [2.75, 3.05) is 0 Å². The van der Waals surface area contributed by atoms with Gasteiger partial charge in [-0.25, -0.2) is 0 Å². The van der Waals surface area contributed by atoms with Crippen LogP contribution in [0, 0.1) is 11.3 Å². The summed E-state index contributed by atoms with van der Waals surface area (Å²) in [6.45, 7) is 0. The van der Waals surface area contributed by atoms with Crippen molar-refractivity contribution in [2.45, 2.75) is 24.8 Å². The van der Waals surface area contributed by atoms with E-state index in [4.69, 9.17) is 11.0 Å². The molecule has 30 heavy (non-hydrogen) atoms.